The van der Waals surface area contributed by atoms with Gasteiger partial charge in [-0.05, 0) is 19.4 Å². The Kier molecular flexibility index (Phi) is 9.75. The fraction of sp³-hybridized carbons (Fsp3) is 0.615. The molecule has 0 aliphatic carbocycles. The standard InChI is InChI=1S/C7H11N3O2.C6H14N2O2/c1-10-4-9-3-5(10)2-6(8)7(11)12;7-4-2-1-3-5(8)6(9)10/h3-4,6H,2,8H2,1H3,(H,11,12);5H,1-4,7-8H2,(H,9,10)/t6-;/m0./s1. The molecule has 0 saturated heterocycles. The van der Waals surface area contributed by atoms with Crippen LogP contribution < -0.4 is 17.2 Å². The summed E-state index contributed by atoms with van der Waals surface area (Å²) in [4.78, 5) is 24.4. The lowest BCUT2D eigenvalue weighted by atomic mass is 10.1. The normalized spacial score (nSPS) is 12.9. The lowest BCUT2D eigenvalue weighted by Crippen LogP contribution is -2.32. The van der Waals surface area contributed by atoms with Crippen LogP contribution in [0, 0.1) is 0 Å². The van der Waals surface area contributed by atoms with Crippen molar-refractivity contribution in [3.05, 3.63) is 18.2 Å². The molecule has 0 aliphatic rings. The molecule has 0 radical (unpaired) electrons. The molecular weight excluding hydrogens is 290 g/mol. The number of carboxylic acids is 2. The molecule has 9 nitrogen and oxygen atoms in total. The van der Waals surface area contributed by atoms with E-state index in [1.807, 2.05) is 0 Å². The monoisotopic (exact) mass is 315 g/mol. The summed E-state index contributed by atoms with van der Waals surface area (Å²) in [6, 6.07) is -1.56. The number of hydrogen-bond acceptors (Lipinski definition) is 6. The molecule has 8 N–H and O–H groups in total. The van der Waals surface area contributed by atoms with Gasteiger partial charge in [0.15, 0.2) is 0 Å². The van der Waals surface area contributed by atoms with Crippen LogP contribution in [0.3, 0.4) is 0 Å². The van der Waals surface area contributed by atoms with Gasteiger partial charge in [-0.1, -0.05) is 6.42 Å². The highest BCUT2D eigenvalue weighted by atomic mass is 16.4. The molecule has 0 bridgehead atoms. The van der Waals surface area contributed by atoms with E-state index in [0.29, 0.717) is 19.4 Å². The SMILES string of the molecule is Cn1cncc1C[C@H](N)C(=O)O.NCCCCC(N)C(=O)O. The quantitative estimate of drug-likeness (QED) is 0.376. The van der Waals surface area contributed by atoms with Crippen molar-refractivity contribution in [1.29, 1.82) is 0 Å². The molecule has 126 valence electrons. The highest BCUT2D eigenvalue weighted by Crippen LogP contribution is 1.99. The molecule has 1 rings (SSSR count). The van der Waals surface area contributed by atoms with Crippen molar-refractivity contribution in [2.24, 2.45) is 24.2 Å². The average molecular weight is 315 g/mol. The summed E-state index contributed by atoms with van der Waals surface area (Å²) in [5, 5.41) is 16.8. The molecule has 1 heterocycles. The van der Waals surface area contributed by atoms with Gasteiger partial charge in [-0.2, -0.15) is 0 Å². The minimum Gasteiger partial charge on any atom is -0.480 e. The zero-order valence-corrected chi connectivity index (χ0v) is 12.7. The first-order chi connectivity index (χ1) is 10.3. The Labute approximate surface area is 129 Å². The van der Waals surface area contributed by atoms with Gasteiger partial charge < -0.3 is 32.0 Å². The van der Waals surface area contributed by atoms with Gasteiger partial charge >= 0.3 is 11.9 Å². The Hall–Kier alpha value is -1.97. The van der Waals surface area contributed by atoms with Gasteiger partial charge in [-0.25, -0.2) is 4.98 Å². The van der Waals surface area contributed by atoms with Crippen molar-refractivity contribution < 1.29 is 19.8 Å². The second kappa shape index (κ2) is 10.7. The van der Waals surface area contributed by atoms with Gasteiger partial charge in [0.2, 0.25) is 0 Å². The molecule has 2 atom stereocenters. The first-order valence-electron chi connectivity index (χ1n) is 6.91. The number of rotatable bonds is 8. The molecule has 1 aromatic heterocycles. The Balaban J connectivity index is 0.000000409. The van der Waals surface area contributed by atoms with Crippen molar-refractivity contribution in [3.8, 4) is 0 Å². The Morgan fingerprint density at radius 1 is 1.23 bits per heavy atom. The summed E-state index contributed by atoms with van der Waals surface area (Å²) in [5.41, 5.74) is 16.6. The number of nitrogens with two attached hydrogens (primary N) is 3. The minimum atomic E-state index is -0.990. The van der Waals surface area contributed by atoms with Crippen LogP contribution in [-0.4, -0.2) is 50.3 Å². The van der Waals surface area contributed by atoms with E-state index in [0.717, 1.165) is 18.5 Å². The number of nitrogens with zero attached hydrogens (tertiary/aromatic N) is 2. The number of hydrogen-bond donors (Lipinski definition) is 5. The maximum Gasteiger partial charge on any atom is 0.320 e. The third-order valence-electron chi connectivity index (χ3n) is 2.95. The topological polar surface area (TPSA) is 170 Å². The largest absolute Gasteiger partial charge is 0.480 e. The summed E-state index contributed by atoms with van der Waals surface area (Å²) in [5.74, 6) is -1.92. The number of unbranched alkanes of at least 4 members (excludes halogenated alkanes) is 1. The molecule has 22 heavy (non-hydrogen) atoms. The van der Waals surface area contributed by atoms with Crippen molar-refractivity contribution >= 4 is 11.9 Å². The van der Waals surface area contributed by atoms with Crippen molar-refractivity contribution in [2.75, 3.05) is 6.54 Å². The third kappa shape index (κ3) is 8.35. The van der Waals surface area contributed by atoms with Crippen LogP contribution in [0.25, 0.3) is 0 Å². The molecule has 0 amide bonds. The Bertz CT molecular complexity index is 463. The summed E-state index contributed by atoms with van der Waals surface area (Å²) in [6.45, 7) is 0.604. The van der Waals surface area contributed by atoms with Gasteiger partial charge in [-0.15, -0.1) is 0 Å². The predicted molar refractivity (Wildman–Crippen MR) is 81.0 cm³/mol. The van der Waals surface area contributed by atoms with E-state index in [1.54, 1.807) is 24.1 Å². The van der Waals surface area contributed by atoms with Gasteiger partial charge in [0.05, 0.1) is 6.33 Å². The molecule has 1 aromatic rings. The Morgan fingerprint density at radius 3 is 2.23 bits per heavy atom. The van der Waals surface area contributed by atoms with Crippen LogP contribution >= 0.6 is 0 Å². The fourth-order valence-electron chi connectivity index (χ4n) is 1.53. The maximum absolute atomic E-state index is 10.4. The second-order valence-corrected chi connectivity index (χ2v) is 4.87. The van der Waals surface area contributed by atoms with E-state index in [1.165, 1.54) is 0 Å². The molecule has 1 unspecified atom stereocenters. The zero-order valence-electron chi connectivity index (χ0n) is 12.7. The Morgan fingerprint density at radius 2 is 1.82 bits per heavy atom. The first-order valence-corrected chi connectivity index (χ1v) is 6.91. The molecule has 0 fully saturated rings. The highest BCUT2D eigenvalue weighted by molar-refractivity contribution is 5.73. The highest BCUT2D eigenvalue weighted by Gasteiger charge is 2.13. The molecule has 0 spiro atoms. The zero-order chi connectivity index (χ0) is 17.1. The lowest BCUT2D eigenvalue weighted by molar-refractivity contribution is -0.139. The van der Waals surface area contributed by atoms with Crippen LogP contribution in [0.4, 0.5) is 0 Å². The number of carbonyl (C=O) groups is 2. The van der Waals surface area contributed by atoms with Crippen LogP contribution in [0.2, 0.25) is 0 Å². The van der Waals surface area contributed by atoms with Crippen LogP contribution in [0.5, 0.6) is 0 Å². The molecule has 9 heteroatoms. The van der Waals surface area contributed by atoms with Crippen LogP contribution in [0.1, 0.15) is 25.0 Å². The van der Waals surface area contributed by atoms with Crippen molar-refractivity contribution in [1.82, 2.24) is 9.55 Å². The van der Waals surface area contributed by atoms with Gasteiger partial charge in [-0.3, -0.25) is 9.59 Å². The van der Waals surface area contributed by atoms with Crippen LogP contribution in [0.15, 0.2) is 12.5 Å². The van der Waals surface area contributed by atoms with Gasteiger partial charge in [0.25, 0.3) is 0 Å². The number of carboxylic acid groups (broad SMARTS) is 2. The molecule has 0 aromatic carbocycles. The summed E-state index contributed by atoms with van der Waals surface area (Å²) in [6.07, 6.45) is 5.70. The fourth-order valence-corrected chi connectivity index (χ4v) is 1.53. The van der Waals surface area contributed by atoms with Gasteiger partial charge in [0, 0.05) is 25.4 Å². The maximum atomic E-state index is 10.4. The average Bonchev–Trinajstić information content (AvgIpc) is 2.85. The van der Waals surface area contributed by atoms with E-state index in [9.17, 15) is 9.59 Å². The van der Waals surface area contributed by atoms with Crippen LogP contribution in [-0.2, 0) is 23.1 Å². The lowest BCUT2D eigenvalue weighted by Gasteiger charge is -2.05. The third-order valence-corrected chi connectivity index (χ3v) is 2.95. The number of aryl methyl sites for hydroxylation is 1. The smallest absolute Gasteiger partial charge is 0.320 e. The summed E-state index contributed by atoms with van der Waals surface area (Å²) in [7, 11) is 1.80. The van der Waals surface area contributed by atoms with Gasteiger partial charge in [0.1, 0.15) is 12.1 Å². The van der Waals surface area contributed by atoms with Crippen molar-refractivity contribution in [2.45, 2.75) is 37.8 Å². The summed E-state index contributed by atoms with van der Waals surface area (Å²) < 4.78 is 1.75. The van der Waals surface area contributed by atoms with E-state index in [2.05, 4.69) is 4.98 Å². The predicted octanol–water partition coefficient (Wildman–Crippen LogP) is -1.10. The number of imidazole rings is 1. The molecule has 0 saturated carbocycles. The van der Waals surface area contributed by atoms with E-state index in [-0.39, 0.29) is 0 Å². The molecule has 0 aliphatic heterocycles. The second-order valence-electron chi connectivity index (χ2n) is 4.87. The first kappa shape index (κ1) is 20.0. The number of aliphatic carboxylic acids is 2. The van der Waals surface area contributed by atoms with E-state index < -0.39 is 24.0 Å². The minimum absolute atomic E-state index is 0.311. The molecular formula is C13H25N5O4. The van der Waals surface area contributed by atoms with E-state index >= 15 is 0 Å². The summed E-state index contributed by atoms with van der Waals surface area (Å²) >= 11 is 0. The number of aromatic nitrogens is 2. The van der Waals surface area contributed by atoms with E-state index in [4.69, 9.17) is 27.4 Å². The van der Waals surface area contributed by atoms with Crippen molar-refractivity contribution in [3.63, 3.8) is 0 Å².